The van der Waals surface area contributed by atoms with Crippen LogP contribution in [-0.2, 0) is 11.3 Å². The van der Waals surface area contributed by atoms with E-state index in [1.54, 1.807) is 24.3 Å². The summed E-state index contributed by atoms with van der Waals surface area (Å²) >= 11 is 5.95. The zero-order chi connectivity index (χ0) is 16.3. The molecular weight excluding hydrogens is 306 g/mol. The topological polar surface area (TPSA) is 98.2 Å². The van der Waals surface area contributed by atoms with Crippen molar-refractivity contribution in [3.8, 4) is 0 Å². The van der Waals surface area contributed by atoms with E-state index in [0.29, 0.717) is 10.6 Å². The molecule has 0 fully saturated rings. The molecule has 0 saturated heterocycles. The maximum Gasteiger partial charge on any atom is 0.337 e. The fraction of sp³-hybridized carbons (Fsp3) is 0.133. The molecule has 22 heavy (non-hydrogen) atoms. The summed E-state index contributed by atoms with van der Waals surface area (Å²) in [6.07, 6.45) is 1.53. The lowest BCUT2D eigenvalue weighted by molar-refractivity contribution is 0.0600. The predicted molar refractivity (Wildman–Crippen MR) is 80.7 cm³/mol. The molecule has 0 spiro atoms. The van der Waals surface area contributed by atoms with Gasteiger partial charge in [-0.2, -0.15) is 0 Å². The molecule has 7 heteroatoms. The van der Waals surface area contributed by atoms with Crippen molar-refractivity contribution in [3.63, 3.8) is 0 Å². The Bertz CT molecular complexity index is 799. The first kappa shape index (κ1) is 15.8. The van der Waals surface area contributed by atoms with E-state index in [1.807, 2.05) is 0 Å². The number of rotatable bonds is 4. The van der Waals surface area contributed by atoms with Crippen LogP contribution in [0, 0.1) is 5.41 Å². The largest absolute Gasteiger partial charge is 0.465 e. The van der Waals surface area contributed by atoms with Crippen molar-refractivity contribution in [2.24, 2.45) is 5.73 Å². The van der Waals surface area contributed by atoms with Crippen molar-refractivity contribution in [3.05, 3.63) is 63.7 Å². The van der Waals surface area contributed by atoms with Gasteiger partial charge in [0.15, 0.2) is 0 Å². The maximum absolute atomic E-state index is 11.5. The molecule has 0 aliphatic heterocycles. The Hall–Kier alpha value is -2.60. The minimum Gasteiger partial charge on any atom is -0.465 e. The van der Waals surface area contributed by atoms with Gasteiger partial charge < -0.3 is 15.0 Å². The van der Waals surface area contributed by atoms with E-state index >= 15 is 0 Å². The number of pyridine rings is 1. The van der Waals surface area contributed by atoms with Crippen LogP contribution in [0.2, 0.25) is 5.02 Å². The number of hydrogen-bond donors (Lipinski definition) is 2. The van der Waals surface area contributed by atoms with Crippen LogP contribution >= 0.6 is 11.6 Å². The first-order valence-electron chi connectivity index (χ1n) is 6.34. The lowest BCUT2D eigenvalue weighted by Crippen LogP contribution is -2.29. The predicted octanol–water partition coefficient (Wildman–Crippen LogP) is 1.55. The number of nitrogens with zero attached hydrogens (tertiary/aromatic N) is 1. The number of benzene rings is 1. The first-order valence-corrected chi connectivity index (χ1v) is 6.72. The number of ether oxygens (including phenoxy) is 1. The fourth-order valence-electron chi connectivity index (χ4n) is 2.04. The monoisotopic (exact) mass is 319 g/mol. The average molecular weight is 320 g/mol. The number of halogens is 1. The van der Waals surface area contributed by atoms with Gasteiger partial charge >= 0.3 is 5.97 Å². The third-order valence-electron chi connectivity index (χ3n) is 3.07. The van der Waals surface area contributed by atoms with Crippen LogP contribution in [0.1, 0.15) is 26.3 Å². The highest BCUT2D eigenvalue weighted by Gasteiger charge is 2.10. The van der Waals surface area contributed by atoms with Crippen molar-refractivity contribution < 1.29 is 14.3 Å². The molecule has 0 radical (unpaired) electrons. The van der Waals surface area contributed by atoms with Gasteiger partial charge in [-0.25, -0.2) is 4.79 Å². The quantitative estimate of drug-likeness (QED) is 0.836. The van der Waals surface area contributed by atoms with Crippen molar-refractivity contribution in [1.82, 2.24) is 4.57 Å². The van der Waals surface area contributed by atoms with Gasteiger partial charge in [0.1, 0.15) is 5.49 Å². The van der Waals surface area contributed by atoms with Crippen LogP contribution in [0.25, 0.3) is 0 Å². The molecule has 0 saturated carbocycles. The second kappa shape index (κ2) is 6.44. The molecular formula is C15H14ClN3O3. The summed E-state index contributed by atoms with van der Waals surface area (Å²) in [4.78, 5) is 22.9. The number of carbonyl (C=O) groups excluding carboxylic acids is 2. The summed E-state index contributed by atoms with van der Waals surface area (Å²) in [6, 6.07) is 8.15. The van der Waals surface area contributed by atoms with Gasteiger partial charge in [0.2, 0.25) is 0 Å². The summed E-state index contributed by atoms with van der Waals surface area (Å²) in [6.45, 7) is 0.268. The third kappa shape index (κ3) is 3.35. The van der Waals surface area contributed by atoms with E-state index in [4.69, 9.17) is 22.7 Å². The highest BCUT2D eigenvalue weighted by molar-refractivity contribution is 6.30. The zero-order valence-corrected chi connectivity index (χ0v) is 12.6. The van der Waals surface area contributed by atoms with Gasteiger partial charge in [-0.1, -0.05) is 23.7 Å². The van der Waals surface area contributed by atoms with Crippen molar-refractivity contribution in [2.75, 3.05) is 7.11 Å². The second-order valence-electron chi connectivity index (χ2n) is 4.60. The van der Waals surface area contributed by atoms with Crippen molar-refractivity contribution in [2.45, 2.75) is 6.54 Å². The van der Waals surface area contributed by atoms with Crippen molar-refractivity contribution in [1.29, 1.82) is 5.41 Å². The van der Waals surface area contributed by atoms with E-state index in [9.17, 15) is 9.59 Å². The van der Waals surface area contributed by atoms with E-state index in [1.165, 1.54) is 23.9 Å². The number of nitrogens with two attached hydrogens (primary N) is 1. The molecule has 1 aromatic heterocycles. The average Bonchev–Trinajstić information content (AvgIpc) is 2.49. The third-order valence-corrected chi connectivity index (χ3v) is 3.28. The minimum atomic E-state index is -0.718. The number of methoxy groups -OCH3 is 1. The molecule has 1 heterocycles. The van der Waals surface area contributed by atoms with Crippen LogP contribution < -0.4 is 11.2 Å². The number of nitrogens with one attached hydrogen (secondary N) is 1. The molecule has 0 aliphatic carbocycles. The standard InChI is InChI=1S/C15H14ClN3O3/c1-22-15(21)10-4-2-3-9(5-10)7-19-8-11(16)6-12(13(19)17)14(18)20/h2-6,8,17H,7H2,1H3,(H2,18,20). The smallest absolute Gasteiger partial charge is 0.337 e. The lowest BCUT2D eigenvalue weighted by atomic mass is 10.1. The summed E-state index contributed by atoms with van der Waals surface area (Å²) < 4.78 is 6.15. The molecule has 0 aliphatic rings. The summed E-state index contributed by atoms with van der Waals surface area (Å²) in [5, 5.41) is 8.31. The Labute approximate surface area is 131 Å². The zero-order valence-electron chi connectivity index (χ0n) is 11.8. The number of aromatic nitrogens is 1. The fourth-order valence-corrected chi connectivity index (χ4v) is 2.26. The van der Waals surface area contributed by atoms with Gasteiger partial charge in [0.25, 0.3) is 5.91 Å². The van der Waals surface area contributed by atoms with E-state index in [-0.39, 0.29) is 17.6 Å². The summed E-state index contributed by atoms with van der Waals surface area (Å²) in [5.74, 6) is -1.16. The Morgan fingerprint density at radius 1 is 1.36 bits per heavy atom. The molecule has 2 rings (SSSR count). The Morgan fingerprint density at radius 2 is 2.09 bits per heavy atom. The van der Waals surface area contributed by atoms with Gasteiger partial charge in [-0.3, -0.25) is 10.2 Å². The van der Waals surface area contributed by atoms with Crippen LogP contribution in [0.5, 0.6) is 0 Å². The van der Waals surface area contributed by atoms with Gasteiger partial charge in [-0.15, -0.1) is 0 Å². The Morgan fingerprint density at radius 3 is 2.73 bits per heavy atom. The molecule has 1 aromatic carbocycles. The number of amides is 1. The van der Waals surface area contributed by atoms with Crippen LogP contribution in [0.4, 0.5) is 0 Å². The number of primary amides is 1. The SMILES string of the molecule is COC(=O)c1cccc(Cn2cc(Cl)cc(C(N)=O)c2=N)c1. The first-order chi connectivity index (χ1) is 10.4. The molecule has 0 unspecified atom stereocenters. The van der Waals surface area contributed by atoms with E-state index in [0.717, 1.165) is 5.56 Å². The maximum atomic E-state index is 11.5. The highest BCUT2D eigenvalue weighted by Crippen LogP contribution is 2.11. The van der Waals surface area contributed by atoms with Gasteiger partial charge in [0.05, 0.1) is 23.3 Å². The van der Waals surface area contributed by atoms with E-state index in [2.05, 4.69) is 4.74 Å². The summed E-state index contributed by atoms with van der Waals surface area (Å²) in [5.41, 5.74) is 6.40. The lowest BCUT2D eigenvalue weighted by Gasteiger charge is -2.11. The number of carbonyl (C=O) groups is 2. The Balaban J connectivity index is 2.41. The van der Waals surface area contributed by atoms with Crippen LogP contribution in [-0.4, -0.2) is 23.6 Å². The molecule has 6 nitrogen and oxygen atoms in total. The van der Waals surface area contributed by atoms with Gasteiger partial charge in [0, 0.05) is 12.7 Å². The molecule has 3 N–H and O–H groups in total. The number of hydrogen-bond acceptors (Lipinski definition) is 4. The Kier molecular flexibility index (Phi) is 4.62. The van der Waals surface area contributed by atoms with E-state index < -0.39 is 11.9 Å². The van der Waals surface area contributed by atoms with Crippen LogP contribution in [0.15, 0.2) is 36.5 Å². The molecule has 1 amide bonds. The minimum absolute atomic E-state index is 0.0385. The summed E-state index contributed by atoms with van der Waals surface area (Å²) in [7, 11) is 1.31. The van der Waals surface area contributed by atoms with Crippen molar-refractivity contribution >= 4 is 23.5 Å². The molecule has 0 bridgehead atoms. The van der Waals surface area contributed by atoms with Crippen LogP contribution in [0.3, 0.4) is 0 Å². The molecule has 114 valence electrons. The normalized spacial score (nSPS) is 10.3. The molecule has 0 atom stereocenters. The molecule has 2 aromatic rings. The van der Waals surface area contributed by atoms with Gasteiger partial charge in [-0.05, 0) is 23.8 Å². The second-order valence-corrected chi connectivity index (χ2v) is 5.04. The highest BCUT2D eigenvalue weighted by atomic mass is 35.5. The number of esters is 1.